The van der Waals surface area contributed by atoms with Gasteiger partial charge in [0.25, 0.3) is 11.8 Å². The normalized spacial score (nSPS) is 15.6. The molecular weight excluding hydrogens is 394 g/mol. The molecule has 2 amide bonds. The number of carbonyl (C=O) groups excluding carboxylic acids is 2. The number of aryl methyl sites for hydroxylation is 2. The summed E-state index contributed by atoms with van der Waals surface area (Å²) in [4.78, 5) is 25.1. The Hall–Kier alpha value is -3.61. The monoisotopic (exact) mass is 421 g/mol. The molecule has 7 heteroatoms. The third kappa shape index (κ3) is 4.94. The first-order valence-corrected chi connectivity index (χ1v) is 10.2. The summed E-state index contributed by atoms with van der Waals surface area (Å²) in [5.74, 6) is 0.472. The molecule has 0 aliphatic carbocycles. The molecule has 0 fully saturated rings. The van der Waals surface area contributed by atoms with Gasteiger partial charge in [-0.05, 0) is 70.5 Å². The van der Waals surface area contributed by atoms with Gasteiger partial charge in [-0.25, -0.2) is 0 Å². The predicted molar refractivity (Wildman–Crippen MR) is 121 cm³/mol. The fourth-order valence-corrected chi connectivity index (χ4v) is 3.17. The first-order valence-electron chi connectivity index (χ1n) is 10.2. The lowest BCUT2D eigenvalue weighted by atomic mass is 10.1. The van der Waals surface area contributed by atoms with Crippen molar-refractivity contribution in [2.45, 2.75) is 40.7 Å². The number of anilines is 2. The van der Waals surface area contributed by atoms with Gasteiger partial charge >= 0.3 is 0 Å². The number of hydrogen-bond acceptors (Lipinski definition) is 5. The minimum atomic E-state index is -0.670. The number of allylic oxidation sites excluding steroid dienone is 1. The molecule has 2 aromatic rings. The summed E-state index contributed by atoms with van der Waals surface area (Å²) in [6.45, 7) is 9.69. The molecule has 0 aromatic heterocycles. The van der Waals surface area contributed by atoms with Crippen molar-refractivity contribution in [2.75, 3.05) is 16.9 Å². The average molecular weight is 421 g/mol. The van der Waals surface area contributed by atoms with Crippen molar-refractivity contribution >= 4 is 29.1 Å². The van der Waals surface area contributed by atoms with Crippen molar-refractivity contribution in [3.05, 3.63) is 65.2 Å². The third-order valence-electron chi connectivity index (χ3n) is 4.80. The maximum Gasteiger partial charge on any atom is 0.284 e. The van der Waals surface area contributed by atoms with Crippen molar-refractivity contribution in [2.24, 2.45) is 5.10 Å². The molecule has 1 aliphatic rings. The van der Waals surface area contributed by atoms with Crippen LogP contribution < -0.4 is 15.1 Å². The van der Waals surface area contributed by atoms with Gasteiger partial charge in [-0.3, -0.25) is 9.59 Å². The minimum Gasteiger partial charge on any atom is -0.481 e. The Balaban J connectivity index is 1.66. The van der Waals surface area contributed by atoms with Gasteiger partial charge in [-0.15, -0.1) is 5.10 Å². The van der Waals surface area contributed by atoms with Crippen LogP contribution in [0.2, 0.25) is 0 Å². The molecule has 0 radical (unpaired) electrons. The van der Waals surface area contributed by atoms with Crippen LogP contribution in [0.15, 0.2) is 59.2 Å². The predicted octanol–water partition coefficient (Wildman–Crippen LogP) is 4.35. The molecule has 0 saturated carbocycles. The van der Waals surface area contributed by atoms with E-state index in [1.807, 2.05) is 39.0 Å². The van der Waals surface area contributed by atoms with Gasteiger partial charge in [-0.2, -0.15) is 5.01 Å². The number of hydrazone groups is 1. The van der Waals surface area contributed by atoms with Gasteiger partial charge in [0.1, 0.15) is 11.3 Å². The van der Waals surface area contributed by atoms with E-state index in [0.29, 0.717) is 35.2 Å². The van der Waals surface area contributed by atoms with Crippen molar-refractivity contribution in [1.29, 1.82) is 0 Å². The molecule has 1 N–H and O–H groups in total. The third-order valence-corrected chi connectivity index (χ3v) is 4.80. The zero-order valence-electron chi connectivity index (χ0n) is 18.4. The molecule has 0 spiro atoms. The Morgan fingerprint density at radius 3 is 2.52 bits per heavy atom. The fraction of sp³-hybridized carbons (Fsp3) is 0.292. The maximum atomic E-state index is 12.6. The largest absolute Gasteiger partial charge is 0.481 e. The van der Waals surface area contributed by atoms with Gasteiger partial charge in [0.2, 0.25) is 5.90 Å². The van der Waals surface area contributed by atoms with Gasteiger partial charge in [-0.1, -0.05) is 23.8 Å². The molecule has 2 aromatic carbocycles. The van der Waals surface area contributed by atoms with Crippen LogP contribution in [0.1, 0.15) is 31.9 Å². The fourth-order valence-electron chi connectivity index (χ4n) is 3.17. The summed E-state index contributed by atoms with van der Waals surface area (Å²) < 4.78 is 11.3. The van der Waals surface area contributed by atoms with Crippen LogP contribution in [0, 0.1) is 13.8 Å². The summed E-state index contributed by atoms with van der Waals surface area (Å²) in [5, 5.41) is 8.39. The van der Waals surface area contributed by atoms with E-state index in [2.05, 4.69) is 10.4 Å². The van der Waals surface area contributed by atoms with Crippen molar-refractivity contribution in [1.82, 2.24) is 0 Å². The maximum absolute atomic E-state index is 12.6. The Bertz CT molecular complexity index is 1040. The van der Waals surface area contributed by atoms with Crippen molar-refractivity contribution in [3.63, 3.8) is 0 Å². The number of rotatable bonds is 6. The second-order valence-electron chi connectivity index (χ2n) is 7.22. The highest BCUT2D eigenvalue weighted by atomic mass is 16.5. The lowest BCUT2D eigenvalue weighted by Gasteiger charge is -2.17. The molecule has 0 saturated heterocycles. The quantitative estimate of drug-likeness (QED) is 0.703. The molecule has 0 bridgehead atoms. The van der Waals surface area contributed by atoms with Crippen molar-refractivity contribution < 1.29 is 19.1 Å². The number of ether oxygens (including phenoxy) is 2. The SMILES string of the molecule is C/C=C1\C(=O)N(c2ccc(NC(=O)C(C)Oc3ccc(C)cc3C)cc2)N=C1OCC. The number of nitrogens with one attached hydrogen (secondary N) is 1. The second-order valence-corrected chi connectivity index (χ2v) is 7.22. The number of hydrogen-bond donors (Lipinski definition) is 1. The average Bonchev–Trinajstić information content (AvgIpc) is 3.06. The van der Waals surface area contributed by atoms with E-state index in [1.165, 1.54) is 5.01 Å². The van der Waals surface area contributed by atoms with E-state index in [9.17, 15) is 9.59 Å². The van der Waals surface area contributed by atoms with Crippen LogP contribution in [-0.4, -0.2) is 30.4 Å². The molecule has 1 heterocycles. The Morgan fingerprint density at radius 2 is 1.90 bits per heavy atom. The molecule has 162 valence electrons. The zero-order chi connectivity index (χ0) is 22.5. The first kappa shape index (κ1) is 22.1. The van der Waals surface area contributed by atoms with Gasteiger partial charge in [0.05, 0.1) is 12.3 Å². The lowest BCUT2D eigenvalue weighted by Crippen LogP contribution is -2.30. The van der Waals surface area contributed by atoms with Crippen LogP contribution in [0.5, 0.6) is 5.75 Å². The van der Waals surface area contributed by atoms with E-state index >= 15 is 0 Å². The van der Waals surface area contributed by atoms with Gasteiger partial charge in [0, 0.05) is 5.69 Å². The second kappa shape index (κ2) is 9.47. The molecule has 1 aliphatic heterocycles. The summed E-state index contributed by atoms with van der Waals surface area (Å²) in [6, 6.07) is 12.7. The Morgan fingerprint density at radius 1 is 1.19 bits per heavy atom. The molecule has 7 nitrogen and oxygen atoms in total. The minimum absolute atomic E-state index is 0.252. The van der Waals surface area contributed by atoms with Crippen LogP contribution in [-0.2, 0) is 14.3 Å². The topological polar surface area (TPSA) is 80.2 Å². The standard InChI is InChI=1S/C24H27N3O4/c1-6-20-23(30-7-2)26-27(24(20)29)19-11-9-18(10-12-19)25-22(28)17(5)31-21-13-8-15(3)14-16(21)4/h6,8-14,17H,7H2,1-5H3,(H,25,28)/b20-6-. The summed E-state index contributed by atoms with van der Waals surface area (Å²) in [6.07, 6.45) is 1.01. The number of amides is 2. The van der Waals surface area contributed by atoms with Crippen LogP contribution in [0.3, 0.4) is 0 Å². The van der Waals surface area contributed by atoms with E-state index in [-0.39, 0.29) is 11.8 Å². The van der Waals surface area contributed by atoms with E-state index in [0.717, 1.165) is 11.1 Å². The zero-order valence-corrected chi connectivity index (χ0v) is 18.4. The van der Waals surface area contributed by atoms with Gasteiger partial charge < -0.3 is 14.8 Å². The number of benzene rings is 2. The Kier molecular flexibility index (Phi) is 6.74. The van der Waals surface area contributed by atoms with Crippen LogP contribution in [0.25, 0.3) is 0 Å². The molecule has 3 rings (SSSR count). The summed E-state index contributed by atoms with van der Waals surface area (Å²) in [7, 11) is 0. The molecule has 31 heavy (non-hydrogen) atoms. The smallest absolute Gasteiger partial charge is 0.284 e. The lowest BCUT2D eigenvalue weighted by molar-refractivity contribution is -0.122. The summed E-state index contributed by atoms with van der Waals surface area (Å²) >= 11 is 0. The summed E-state index contributed by atoms with van der Waals surface area (Å²) in [5.41, 5.74) is 3.72. The molecular formula is C24H27N3O4. The van der Waals surface area contributed by atoms with Crippen molar-refractivity contribution in [3.8, 4) is 5.75 Å². The number of nitrogens with zero attached hydrogens (tertiary/aromatic N) is 2. The van der Waals surface area contributed by atoms with Crippen LogP contribution >= 0.6 is 0 Å². The first-order chi connectivity index (χ1) is 14.8. The van der Waals surface area contributed by atoms with Gasteiger partial charge in [0.15, 0.2) is 6.10 Å². The number of carbonyl (C=O) groups is 2. The van der Waals surface area contributed by atoms with E-state index in [4.69, 9.17) is 9.47 Å². The van der Waals surface area contributed by atoms with E-state index < -0.39 is 6.10 Å². The highest BCUT2D eigenvalue weighted by molar-refractivity contribution is 6.27. The molecule has 1 atom stereocenters. The van der Waals surface area contributed by atoms with E-state index in [1.54, 1.807) is 44.2 Å². The van der Waals surface area contributed by atoms with Crippen LogP contribution in [0.4, 0.5) is 11.4 Å². The highest BCUT2D eigenvalue weighted by Crippen LogP contribution is 2.26. The Labute approximate surface area is 182 Å². The molecule has 1 unspecified atom stereocenters. The highest BCUT2D eigenvalue weighted by Gasteiger charge is 2.31.